The summed E-state index contributed by atoms with van der Waals surface area (Å²) in [6.45, 7) is 3.21. The molecule has 2 heterocycles. The summed E-state index contributed by atoms with van der Waals surface area (Å²) in [5.74, 6) is -0.0304. The van der Waals surface area contributed by atoms with Gasteiger partial charge in [-0.1, -0.05) is 24.3 Å². The lowest BCUT2D eigenvalue weighted by Gasteiger charge is -2.33. The second-order valence-electron chi connectivity index (χ2n) is 8.52. The Morgan fingerprint density at radius 3 is 2.71 bits per heavy atom. The number of urea groups is 1. The van der Waals surface area contributed by atoms with E-state index in [4.69, 9.17) is 9.47 Å². The van der Waals surface area contributed by atoms with Gasteiger partial charge in [0.1, 0.15) is 11.6 Å². The van der Waals surface area contributed by atoms with Gasteiger partial charge >= 0.3 is 12.0 Å². The van der Waals surface area contributed by atoms with E-state index in [1.807, 2.05) is 18.2 Å². The van der Waals surface area contributed by atoms with Crippen LogP contribution in [0.3, 0.4) is 0 Å². The van der Waals surface area contributed by atoms with E-state index in [0.29, 0.717) is 30.0 Å². The van der Waals surface area contributed by atoms with Crippen LogP contribution in [-0.4, -0.2) is 49.7 Å². The van der Waals surface area contributed by atoms with E-state index in [1.54, 1.807) is 38.3 Å². The zero-order valence-electron chi connectivity index (χ0n) is 19.5. The SMILES string of the molecule is CCOC(=O)C1=C(CN2CCCC2Cc2cccc(F)c2)NC(=O)NC1c1ccc(OC)cc1. The van der Waals surface area contributed by atoms with Crippen molar-refractivity contribution in [2.24, 2.45) is 0 Å². The Morgan fingerprint density at radius 1 is 1.21 bits per heavy atom. The van der Waals surface area contributed by atoms with Crippen molar-refractivity contribution in [2.45, 2.75) is 38.3 Å². The number of rotatable bonds is 8. The molecule has 1 saturated heterocycles. The highest BCUT2D eigenvalue weighted by atomic mass is 19.1. The number of ether oxygens (including phenoxy) is 2. The highest BCUT2D eigenvalue weighted by Crippen LogP contribution is 2.31. The maximum atomic E-state index is 13.7. The topological polar surface area (TPSA) is 79.9 Å². The molecule has 2 atom stereocenters. The van der Waals surface area contributed by atoms with Crippen molar-refractivity contribution in [3.63, 3.8) is 0 Å². The predicted molar refractivity (Wildman–Crippen MR) is 126 cm³/mol. The van der Waals surface area contributed by atoms with E-state index < -0.39 is 12.0 Å². The number of nitrogens with zero attached hydrogens (tertiary/aromatic N) is 1. The van der Waals surface area contributed by atoms with Gasteiger partial charge in [-0.15, -0.1) is 0 Å². The van der Waals surface area contributed by atoms with Crippen LogP contribution in [0.25, 0.3) is 0 Å². The van der Waals surface area contributed by atoms with Crippen LogP contribution >= 0.6 is 0 Å². The fourth-order valence-electron chi connectivity index (χ4n) is 4.71. The smallest absolute Gasteiger partial charge is 0.338 e. The van der Waals surface area contributed by atoms with Crippen molar-refractivity contribution in [3.05, 3.63) is 76.7 Å². The molecule has 2 aliphatic heterocycles. The predicted octanol–water partition coefficient (Wildman–Crippen LogP) is 3.71. The standard InChI is InChI=1S/C26H30FN3O4/c1-3-34-25(31)23-22(28-26(32)29-24(23)18-9-11-21(33-2)12-10-18)16-30-13-5-8-20(30)15-17-6-4-7-19(27)14-17/h4,6-7,9-12,14,20,24H,3,5,8,13,15-16H2,1-2H3,(H2,28,29,32). The number of amides is 2. The van der Waals surface area contributed by atoms with Crippen LogP contribution in [-0.2, 0) is 16.0 Å². The molecule has 0 aromatic heterocycles. The lowest BCUT2D eigenvalue weighted by atomic mass is 9.94. The molecule has 180 valence electrons. The van der Waals surface area contributed by atoms with Gasteiger partial charge in [-0.2, -0.15) is 0 Å². The number of carbonyl (C=O) groups is 2. The molecule has 2 aromatic carbocycles. The summed E-state index contributed by atoms with van der Waals surface area (Å²) in [4.78, 5) is 27.9. The first-order chi connectivity index (χ1) is 16.5. The van der Waals surface area contributed by atoms with Crippen molar-refractivity contribution >= 4 is 12.0 Å². The molecular formula is C26H30FN3O4. The Hall–Kier alpha value is -3.39. The maximum Gasteiger partial charge on any atom is 0.338 e. The number of benzene rings is 2. The van der Waals surface area contributed by atoms with Gasteiger partial charge in [-0.05, 0) is 68.1 Å². The molecule has 2 aliphatic rings. The molecule has 2 aromatic rings. The number of halogens is 1. The molecule has 1 fully saturated rings. The van der Waals surface area contributed by atoms with Gasteiger partial charge in [0, 0.05) is 18.3 Å². The Labute approximate surface area is 198 Å². The Kier molecular flexibility index (Phi) is 7.47. The van der Waals surface area contributed by atoms with Gasteiger partial charge in [0.2, 0.25) is 0 Å². The van der Waals surface area contributed by atoms with Gasteiger partial charge in [0.15, 0.2) is 0 Å². The summed E-state index contributed by atoms with van der Waals surface area (Å²) >= 11 is 0. The average Bonchev–Trinajstić information content (AvgIpc) is 3.25. The fourth-order valence-corrected chi connectivity index (χ4v) is 4.71. The number of carbonyl (C=O) groups excluding carboxylic acids is 2. The summed E-state index contributed by atoms with van der Waals surface area (Å²) in [7, 11) is 1.58. The Bertz CT molecular complexity index is 1070. The summed E-state index contributed by atoms with van der Waals surface area (Å²) in [5, 5.41) is 5.71. The highest BCUT2D eigenvalue weighted by Gasteiger charge is 2.36. The molecule has 0 saturated carbocycles. The normalized spacial score (nSPS) is 20.6. The monoisotopic (exact) mass is 467 g/mol. The summed E-state index contributed by atoms with van der Waals surface area (Å²) in [5.41, 5.74) is 2.62. The fraction of sp³-hybridized carbons (Fsp3) is 0.385. The average molecular weight is 468 g/mol. The summed E-state index contributed by atoms with van der Waals surface area (Å²) < 4.78 is 24.3. The molecule has 0 radical (unpaired) electrons. The molecule has 34 heavy (non-hydrogen) atoms. The van der Waals surface area contributed by atoms with Gasteiger partial charge in [-0.25, -0.2) is 14.0 Å². The second kappa shape index (κ2) is 10.7. The van der Waals surface area contributed by atoms with Crippen molar-refractivity contribution in [1.82, 2.24) is 15.5 Å². The van der Waals surface area contributed by atoms with Gasteiger partial charge in [-0.3, -0.25) is 4.90 Å². The van der Waals surface area contributed by atoms with Crippen LogP contribution in [0.15, 0.2) is 59.8 Å². The van der Waals surface area contributed by atoms with Crippen LogP contribution in [0.1, 0.15) is 36.9 Å². The van der Waals surface area contributed by atoms with E-state index in [2.05, 4.69) is 15.5 Å². The minimum atomic E-state index is -0.641. The van der Waals surface area contributed by atoms with Crippen LogP contribution in [0, 0.1) is 5.82 Å². The van der Waals surface area contributed by atoms with E-state index in [1.165, 1.54) is 6.07 Å². The number of methoxy groups -OCH3 is 1. The number of hydrogen-bond acceptors (Lipinski definition) is 5. The van der Waals surface area contributed by atoms with Crippen molar-refractivity contribution in [3.8, 4) is 5.75 Å². The highest BCUT2D eigenvalue weighted by molar-refractivity contribution is 5.95. The minimum absolute atomic E-state index is 0.184. The van der Waals surface area contributed by atoms with Gasteiger partial charge in [0.25, 0.3) is 0 Å². The quantitative estimate of drug-likeness (QED) is 0.579. The Balaban J connectivity index is 1.63. The zero-order chi connectivity index (χ0) is 24.1. The summed E-state index contributed by atoms with van der Waals surface area (Å²) in [6.07, 6.45) is 2.66. The number of hydrogen-bond donors (Lipinski definition) is 2. The molecule has 0 spiro atoms. The summed E-state index contributed by atoms with van der Waals surface area (Å²) in [6, 6.07) is 13.1. The number of nitrogens with one attached hydrogen (secondary N) is 2. The first-order valence-electron chi connectivity index (χ1n) is 11.6. The number of esters is 1. The molecule has 0 aliphatic carbocycles. The minimum Gasteiger partial charge on any atom is -0.497 e. The van der Waals surface area contributed by atoms with Crippen LogP contribution in [0.4, 0.5) is 9.18 Å². The molecule has 7 nitrogen and oxygen atoms in total. The van der Waals surface area contributed by atoms with Crippen molar-refractivity contribution in [2.75, 3.05) is 26.8 Å². The van der Waals surface area contributed by atoms with Gasteiger partial charge < -0.3 is 20.1 Å². The van der Waals surface area contributed by atoms with E-state index in [-0.39, 0.29) is 24.5 Å². The number of likely N-dealkylation sites (tertiary alicyclic amines) is 1. The Morgan fingerprint density at radius 2 is 2.00 bits per heavy atom. The maximum absolute atomic E-state index is 13.7. The third-order valence-corrected chi connectivity index (χ3v) is 6.32. The molecule has 2 amide bonds. The molecular weight excluding hydrogens is 437 g/mol. The zero-order valence-corrected chi connectivity index (χ0v) is 19.5. The van der Waals surface area contributed by atoms with Crippen LogP contribution < -0.4 is 15.4 Å². The van der Waals surface area contributed by atoms with Crippen LogP contribution in [0.5, 0.6) is 5.75 Å². The first-order valence-corrected chi connectivity index (χ1v) is 11.6. The third-order valence-electron chi connectivity index (χ3n) is 6.32. The lowest BCUT2D eigenvalue weighted by Crippen LogP contribution is -2.49. The van der Waals surface area contributed by atoms with E-state index >= 15 is 0 Å². The van der Waals surface area contributed by atoms with Crippen molar-refractivity contribution in [1.29, 1.82) is 0 Å². The largest absolute Gasteiger partial charge is 0.497 e. The first kappa shape index (κ1) is 23.8. The molecule has 0 bridgehead atoms. The molecule has 4 rings (SSSR count). The third kappa shape index (κ3) is 5.39. The second-order valence-corrected chi connectivity index (χ2v) is 8.52. The lowest BCUT2D eigenvalue weighted by molar-refractivity contribution is -0.139. The van der Waals surface area contributed by atoms with Gasteiger partial charge in [0.05, 0.1) is 25.3 Å². The van der Waals surface area contributed by atoms with E-state index in [9.17, 15) is 14.0 Å². The van der Waals surface area contributed by atoms with E-state index in [0.717, 1.165) is 30.5 Å². The van der Waals surface area contributed by atoms with Crippen molar-refractivity contribution < 1.29 is 23.5 Å². The molecule has 2 N–H and O–H groups in total. The molecule has 8 heteroatoms. The van der Waals surface area contributed by atoms with Crippen LogP contribution in [0.2, 0.25) is 0 Å². The molecule has 2 unspecified atom stereocenters.